The fourth-order valence-corrected chi connectivity index (χ4v) is 2.05. The van der Waals surface area contributed by atoms with E-state index in [1.54, 1.807) is 12.3 Å². The van der Waals surface area contributed by atoms with Gasteiger partial charge in [-0.1, -0.05) is 31.0 Å². The average molecular weight is 319 g/mol. The Balaban J connectivity index is 2.11. The minimum absolute atomic E-state index is 0.193. The molecule has 0 bridgehead atoms. The van der Waals surface area contributed by atoms with Crippen LogP contribution in [-0.4, -0.2) is 22.4 Å². The maximum atomic E-state index is 12.0. The molecule has 0 saturated carbocycles. The molecule has 0 saturated heterocycles. The van der Waals surface area contributed by atoms with E-state index in [4.69, 9.17) is 11.6 Å². The molecule has 116 valence electrons. The van der Waals surface area contributed by atoms with E-state index < -0.39 is 0 Å². The van der Waals surface area contributed by atoms with E-state index in [0.717, 1.165) is 24.1 Å². The summed E-state index contributed by atoms with van der Waals surface area (Å²) in [4.78, 5) is 20.4. The Kier molecular flexibility index (Phi) is 5.72. The van der Waals surface area contributed by atoms with Crippen molar-refractivity contribution in [3.05, 3.63) is 46.7 Å². The number of nitrogens with one attached hydrogen (secondary N) is 2. The zero-order valence-corrected chi connectivity index (χ0v) is 13.4. The van der Waals surface area contributed by atoms with E-state index in [9.17, 15) is 4.79 Å². The number of carbonyl (C=O) groups is 1. The highest BCUT2D eigenvalue weighted by atomic mass is 35.5. The summed E-state index contributed by atoms with van der Waals surface area (Å²) in [7, 11) is 0. The fraction of sp³-hybridized carbons (Fsp3) is 0.312. The van der Waals surface area contributed by atoms with Gasteiger partial charge in [0, 0.05) is 23.5 Å². The number of anilines is 2. The summed E-state index contributed by atoms with van der Waals surface area (Å²) in [6.07, 6.45) is 3.54. The molecule has 2 aromatic rings. The van der Waals surface area contributed by atoms with Crippen LogP contribution in [0, 0.1) is 6.92 Å². The van der Waals surface area contributed by atoms with E-state index in [2.05, 4.69) is 27.5 Å². The number of hydrogen-bond donors (Lipinski definition) is 2. The summed E-state index contributed by atoms with van der Waals surface area (Å²) in [5, 5.41) is 6.59. The number of aromatic nitrogens is 2. The number of carbonyl (C=O) groups excluding carboxylic acids is 1. The SMILES string of the molecule is CCCCNC(=O)c1ccnc(Nc2cccc(Cl)c2C)n1. The molecule has 2 N–H and O–H groups in total. The Labute approximate surface area is 135 Å². The number of hydrogen-bond acceptors (Lipinski definition) is 4. The summed E-state index contributed by atoms with van der Waals surface area (Å²) >= 11 is 6.09. The van der Waals surface area contributed by atoms with Crippen molar-refractivity contribution in [2.24, 2.45) is 0 Å². The van der Waals surface area contributed by atoms with E-state index >= 15 is 0 Å². The number of benzene rings is 1. The first-order chi connectivity index (χ1) is 10.6. The normalized spacial score (nSPS) is 10.3. The van der Waals surface area contributed by atoms with E-state index in [1.807, 2.05) is 25.1 Å². The van der Waals surface area contributed by atoms with Crippen molar-refractivity contribution < 1.29 is 4.79 Å². The van der Waals surface area contributed by atoms with Gasteiger partial charge in [-0.05, 0) is 37.1 Å². The predicted molar refractivity (Wildman–Crippen MR) is 88.7 cm³/mol. The Bertz CT molecular complexity index is 660. The van der Waals surface area contributed by atoms with Crippen LogP contribution < -0.4 is 10.6 Å². The third kappa shape index (κ3) is 4.18. The van der Waals surface area contributed by atoms with Crippen molar-refractivity contribution in [1.29, 1.82) is 0 Å². The zero-order valence-electron chi connectivity index (χ0n) is 12.7. The van der Waals surface area contributed by atoms with Crippen LogP contribution in [0.5, 0.6) is 0 Å². The first-order valence-corrected chi connectivity index (χ1v) is 7.63. The van der Waals surface area contributed by atoms with Gasteiger partial charge in [0.15, 0.2) is 0 Å². The van der Waals surface area contributed by atoms with Gasteiger partial charge in [0.25, 0.3) is 5.91 Å². The quantitative estimate of drug-likeness (QED) is 0.797. The zero-order chi connectivity index (χ0) is 15.9. The van der Waals surface area contributed by atoms with Crippen LogP contribution in [0.25, 0.3) is 0 Å². The molecule has 0 aliphatic heterocycles. The van der Waals surface area contributed by atoms with Crippen LogP contribution >= 0.6 is 11.6 Å². The molecule has 22 heavy (non-hydrogen) atoms. The molecule has 0 unspecified atom stereocenters. The average Bonchev–Trinajstić information content (AvgIpc) is 2.52. The van der Waals surface area contributed by atoms with Crippen LogP contribution in [0.3, 0.4) is 0 Å². The van der Waals surface area contributed by atoms with Crippen molar-refractivity contribution in [2.75, 3.05) is 11.9 Å². The largest absolute Gasteiger partial charge is 0.351 e. The van der Waals surface area contributed by atoms with Gasteiger partial charge < -0.3 is 10.6 Å². The summed E-state index contributed by atoms with van der Waals surface area (Å²) in [6, 6.07) is 7.15. The van der Waals surface area contributed by atoms with Gasteiger partial charge in [-0.25, -0.2) is 9.97 Å². The second-order valence-electron chi connectivity index (χ2n) is 4.91. The van der Waals surface area contributed by atoms with Crippen molar-refractivity contribution in [1.82, 2.24) is 15.3 Å². The lowest BCUT2D eigenvalue weighted by Crippen LogP contribution is -2.25. The smallest absolute Gasteiger partial charge is 0.270 e. The Morgan fingerprint density at radius 1 is 1.32 bits per heavy atom. The van der Waals surface area contributed by atoms with Crippen molar-refractivity contribution in [3.63, 3.8) is 0 Å². The summed E-state index contributed by atoms with van der Waals surface area (Å²) in [6.45, 7) is 4.63. The summed E-state index contributed by atoms with van der Waals surface area (Å²) in [5.41, 5.74) is 2.06. The van der Waals surface area contributed by atoms with Crippen LogP contribution in [-0.2, 0) is 0 Å². The molecule has 1 heterocycles. The van der Waals surface area contributed by atoms with E-state index in [1.165, 1.54) is 0 Å². The lowest BCUT2D eigenvalue weighted by Gasteiger charge is -2.10. The van der Waals surface area contributed by atoms with Crippen molar-refractivity contribution in [3.8, 4) is 0 Å². The molecular formula is C16H19ClN4O. The minimum atomic E-state index is -0.193. The molecule has 0 radical (unpaired) electrons. The molecule has 0 aliphatic rings. The van der Waals surface area contributed by atoms with E-state index in [0.29, 0.717) is 23.2 Å². The van der Waals surface area contributed by atoms with Crippen molar-refractivity contribution in [2.45, 2.75) is 26.7 Å². The molecule has 1 aromatic carbocycles. The van der Waals surface area contributed by atoms with Crippen molar-refractivity contribution >= 4 is 29.1 Å². The number of halogens is 1. The van der Waals surface area contributed by atoms with Gasteiger partial charge in [-0.15, -0.1) is 0 Å². The van der Waals surface area contributed by atoms with Crippen LogP contribution in [0.15, 0.2) is 30.5 Å². The molecule has 2 rings (SSSR count). The maximum Gasteiger partial charge on any atom is 0.270 e. The molecule has 6 heteroatoms. The molecule has 5 nitrogen and oxygen atoms in total. The van der Waals surface area contributed by atoms with Gasteiger partial charge in [0.1, 0.15) is 5.69 Å². The van der Waals surface area contributed by atoms with E-state index in [-0.39, 0.29) is 5.91 Å². The second kappa shape index (κ2) is 7.75. The molecule has 0 fully saturated rings. The number of amides is 1. The Hall–Kier alpha value is -2.14. The number of nitrogens with zero attached hydrogens (tertiary/aromatic N) is 2. The molecule has 0 aliphatic carbocycles. The van der Waals surface area contributed by atoms with Gasteiger partial charge in [-0.2, -0.15) is 0 Å². The monoisotopic (exact) mass is 318 g/mol. The summed E-state index contributed by atoms with van der Waals surface area (Å²) in [5.74, 6) is 0.176. The number of unbranched alkanes of at least 4 members (excludes halogenated alkanes) is 1. The molecule has 1 aromatic heterocycles. The maximum absolute atomic E-state index is 12.0. The highest BCUT2D eigenvalue weighted by Crippen LogP contribution is 2.24. The van der Waals surface area contributed by atoms with Gasteiger partial charge in [-0.3, -0.25) is 4.79 Å². The van der Waals surface area contributed by atoms with Crippen LogP contribution in [0.1, 0.15) is 35.8 Å². The van der Waals surface area contributed by atoms with Crippen LogP contribution in [0.2, 0.25) is 5.02 Å². The Morgan fingerprint density at radius 2 is 2.14 bits per heavy atom. The lowest BCUT2D eigenvalue weighted by atomic mass is 10.2. The minimum Gasteiger partial charge on any atom is -0.351 e. The highest BCUT2D eigenvalue weighted by molar-refractivity contribution is 6.31. The topological polar surface area (TPSA) is 66.9 Å². The lowest BCUT2D eigenvalue weighted by molar-refractivity contribution is 0.0948. The summed E-state index contributed by atoms with van der Waals surface area (Å²) < 4.78 is 0. The predicted octanol–water partition coefficient (Wildman–Crippen LogP) is 3.71. The standard InChI is InChI=1S/C16H19ClN4O/c1-3-4-9-18-15(22)14-8-10-19-16(21-14)20-13-7-5-6-12(17)11(13)2/h5-8,10H,3-4,9H2,1-2H3,(H,18,22)(H,19,20,21). The molecule has 0 spiro atoms. The van der Waals surface area contributed by atoms with Crippen LogP contribution in [0.4, 0.5) is 11.6 Å². The first kappa shape index (κ1) is 16.2. The third-order valence-electron chi connectivity index (χ3n) is 3.22. The van der Waals surface area contributed by atoms with Gasteiger partial charge in [0.2, 0.25) is 5.95 Å². The van der Waals surface area contributed by atoms with Gasteiger partial charge in [0.05, 0.1) is 0 Å². The second-order valence-corrected chi connectivity index (χ2v) is 5.32. The fourth-order valence-electron chi connectivity index (χ4n) is 1.88. The molecular weight excluding hydrogens is 300 g/mol. The third-order valence-corrected chi connectivity index (χ3v) is 3.63. The number of rotatable bonds is 6. The Morgan fingerprint density at radius 3 is 2.91 bits per heavy atom. The molecule has 0 atom stereocenters. The molecule has 1 amide bonds. The first-order valence-electron chi connectivity index (χ1n) is 7.25. The van der Waals surface area contributed by atoms with Gasteiger partial charge >= 0.3 is 0 Å². The highest BCUT2D eigenvalue weighted by Gasteiger charge is 2.09.